The second-order valence-electron chi connectivity index (χ2n) is 10.8. The highest BCUT2D eigenvalue weighted by Gasteiger charge is 2.31. The van der Waals surface area contributed by atoms with Gasteiger partial charge in [-0.3, -0.25) is 9.59 Å². The highest BCUT2D eigenvalue weighted by atomic mass is 19.1. The number of halogens is 1. The van der Waals surface area contributed by atoms with E-state index in [0.717, 1.165) is 35.8 Å². The number of likely N-dealkylation sites (tertiary alicyclic amines) is 1. The van der Waals surface area contributed by atoms with E-state index in [0.29, 0.717) is 50.2 Å². The third kappa shape index (κ3) is 4.03. The van der Waals surface area contributed by atoms with Gasteiger partial charge in [-0.25, -0.2) is 4.39 Å². The molecule has 0 saturated carbocycles. The first-order valence-electron chi connectivity index (χ1n) is 13.9. The molecule has 2 saturated heterocycles. The summed E-state index contributed by atoms with van der Waals surface area (Å²) in [6.07, 6.45) is 4.77. The summed E-state index contributed by atoms with van der Waals surface area (Å²) in [7, 11) is 2.12. The van der Waals surface area contributed by atoms with Gasteiger partial charge in [0, 0.05) is 37.3 Å². The summed E-state index contributed by atoms with van der Waals surface area (Å²) in [5.74, 6) is -0.159. The molecule has 0 aliphatic carbocycles. The van der Waals surface area contributed by atoms with E-state index in [9.17, 15) is 9.59 Å². The van der Waals surface area contributed by atoms with E-state index in [1.807, 2.05) is 41.0 Å². The van der Waals surface area contributed by atoms with Crippen LogP contribution in [0.25, 0.3) is 27.4 Å². The molecule has 3 aliphatic heterocycles. The molecule has 40 heavy (non-hydrogen) atoms. The lowest BCUT2D eigenvalue weighted by molar-refractivity contribution is 0.0302. The molecule has 1 atom stereocenters. The Kier molecular flexibility index (Phi) is 6.20. The predicted octanol–water partition coefficient (Wildman–Crippen LogP) is 4.76. The smallest absolute Gasteiger partial charge is 0.259 e. The number of morpholine rings is 1. The topological polar surface area (TPSA) is 76.0 Å². The Morgan fingerprint density at radius 3 is 2.73 bits per heavy atom. The van der Waals surface area contributed by atoms with E-state index in [1.54, 1.807) is 11.1 Å². The third-order valence-corrected chi connectivity index (χ3v) is 8.49. The lowest BCUT2D eigenvalue weighted by atomic mass is 10.0. The normalized spacial score (nSPS) is 18.6. The lowest BCUT2D eigenvalue weighted by Crippen LogP contribution is -2.42. The summed E-state index contributed by atoms with van der Waals surface area (Å²) in [5.41, 5.74) is 0.901. The van der Waals surface area contributed by atoms with Crippen molar-refractivity contribution in [1.29, 1.82) is 0 Å². The maximum Gasteiger partial charge on any atom is 0.259 e. The first kappa shape index (κ1) is 25.0. The molecular formula is C31H31FN4O4. The minimum atomic E-state index is -0.578. The fourth-order valence-electron chi connectivity index (χ4n) is 6.34. The number of pyridine rings is 1. The molecule has 7 rings (SSSR count). The van der Waals surface area contributed by atoms with Gasteiger partial charge in [-0.2, -0.15) is 0 Å². The van der Waals surface area contributed by atoms with Gasteiger partial charge in [0.25, 0.3) is 5.91 Å². The number of rotatable bonds is 5. The summed E-state index contributed by atoms with van der Waals surface area (Å²) in [6, 6.07) is 13.4. The summed E-state index contributed by atoms with van der Waals surface area (Å²) >= 11 is 0. The molecule has 0 radical (unpaired) electrons. The second-order valence-corrected chi connectivity index (χ2v) is 10.8. The first-order chi connectivity index (χ1) is 19.5. The highest BCUT2D eigenvalue weighted by molar-refractivity contribution is 6.04. The molecule has 1 N–H and O–H groups in total. The van der Waals surface area contributed by atoms with Gasteiger partial charge in [0.2, 0.25) is 5.43 Å². The SMILES string of the molecule is CN1CCCC1CCNc1c(F)cc2c(=O)c(C(=O)N3CCOCC3)cn3c2c1Oc1ccc2ccccc2c1-3. The van der Waals surface area contributed by atoms with Gasteiger partial charge in [-0.15, -0.1) is 0 Å². The fourth-order valence-corrected chi connectivity index (χ4v) is 6.34. The summed E-state index contributed by atoms with van der Waals surface area (Å²) in [5, 5.41) is 5.29. The third-order valence-electron chi connectivity index (χ3n) is 8.49. The summed E-state index contributed by atoms with van der Waals surface area (Å²) < 4.78 is 29.4. The van der Waals surface area contributed by atoms with E-state index in [-0.39, 0.29) is 28.3 Å². The summed E-state index contributed by atoms with van der Waals surface area (Å²) in [4.78, 5) is 31.3. The zero-order valence-corrected chi connectivity index (χ0v) is 22.4. The van der Waals surface area contributed by atoms with Crippen molar-refractivity contribution in [2.24, 2.45) is 0 Å². The van der Waals surface area contributed by atoms with E-state index < -0.39 is 11.2 Å². The monoisotopic (exact) mass is 542 g/mol. The molecule has 4 heterocycles. The molecule has 4 aromatic rings. The van der Waals surface area contributed by atoms with Crippen LogP contribution in [0.3, 0.4) is 0 Å². The molecule has 3 aliphatic rings. The molecule has 1 amide bonds. The van der Waals surface area contributed by atoms with Crippen LogP contribution < -0.4 is 15.5 Å². The zero-order chi connectivity index (χ0) is 27.4. The van der Waals surface area contributed by atoms with Crippen LogP contribution in [0.15, 0.2) is 53.5 Å². The quantitative estimate of drug-likeness (QED) is 0.345. The van der Waals surface area contributed by atoms with Crippen molar-refractivity contribution in [3.8, 4) is 17.2 Å². The second kappa shape index (κ2) is 9.91. The van der Waals surface area contributed by atoms with Crippen LogP contribution in [0.1, 0.15) is 29.6 Å². The number of ether oxygens (including phenoxy) is 2. The molecule has 3 aromatic carbocycles. The Bertz CT molecular complexity index is 1710. The van der Waals surface area contributed by atoms with Crippen LogP contribution in [0.4, 0.5) is 10.1 Å². The van der Waals surface area contributed by atoms with Gasteiger partial charge < -0.3 is 29.2 Å². The van der Waals surface area contributed by atoms with E-state index >= 15 is 4.39 Å². The molecule has 0 bridgehead atoms. The Labute approximate surface area is 230 Å². The molecule has 0 spiro atoms. The molecule has 2 fully saturated rings. The number of carbonyl (C=O) groups excluding carboxylic acids is 1. The Hall–Kier alpha value is -3.95. The van der Waals surface area contributed by atoms with Gasteiger partial charge in [0.05, 0.1) is 24.3 Å². The molecule has 1 aromatic heterocycles. The Morgan fingerprint density at radius 2 is 1.93 bits per heavy atom. The van der Waals surface area contributed by atoms with Gasteiger partial charge in [-0.1, -0.05) is 30.3 Å². The van der Waals surface area contributed by atoms with Gasteiger partial charge in [0.15, 0.2) is 17.3 Å². The van der Waals surface area contributed by atoms with Gasteiger partial charge >= 0.3 is 0 Å². The number of carbonyl (C=O) groups is 1. The molecule has 206 valence electrons. The first-order valence-corrected chi connectivity index (χ1v) is 13.9. The van der Waals surface area contributed by atoms with Crippen molar-refractivity contribution in [3.05, 3.63) is 70.3 Å². The van der Waals surface area contributed by atoms with Crippen molar-refractivity contribution >= 4 is 33.3 Å². The van der Waals surface area contributed by atoms with Crippen molar-refractivity contribution in [2.45, 2.75) is 25.3 Å². The number of aromatic nitrogens is 1. The van der Waals surface area contributed by atoms with Crippen molar-refractivity contribution < 1.29 is 18.7 Å². The van der Waals surface area contributed by atoms with Crippen LogP contribution in [-0.2, 0) is 4.74 Å². The number of hydrogen-bond acceptors (Lipinski definition) is 6. The predicted molar refractivity (Wildman–Crippen MR) is 153 cm³/mol. The fraction of sp³-hybridized carbons (Fsp3) is 0.355. The maximum atomic E-state index is 15.8. The van der Waals surface area contributed by atoms with Crippen molar-refractivity contribution in [1.82, 2.24) is 14.4 Å². The lowest BCUT2D eigenvalue weighted by Gasteiger charge is -2.29. The van der Waals surface area contributed by atoms with Crippen LogP contribution in [0.2, 0.25) is 0 Å². The Balaban J connectivity index is 1.41. The van der Waals surface area contributed by atoms with E-state index in [1.165, 1.54) is 12.5 Å². The molecule has 9 heteroatoms. The number of fused-ring (bicyclic) bond motifs is 4. The largest absolute Gasteiger partial charge is 0.451 e. The van der Waals surface area contributed by atoms with Gasteiger partial charge in [-0.05, 0) is 50.4 Å². The number of nitrogens with zero attached hydrogens (tertiary/aromatic N) is 3. The number of amides is 1. The van der Waals surface area contributed by atoms with Crippen LogP contribution >= 0.6 is 0 Å². The molecular weight excluding hydrogens is 511 g/mol. The average molecular weight is 543 g/mol. The summed E-state index contributed by atoms with van der Waals surface area (Å²) in [6.45, 7) is 3.27. The zero-order valence-electron chi connectivity index (χ0n) is 22.4. The highest BCUT2D eigenvalue weighted by Crippen LogP contribution is 2.47. The van der Waals surface area contributed by atoms with Gasteiger partial charge in [0.1, 0.15) is 16.8 Å². The molecule has 8 nitrogen and oxygen atoms in total. The minimum Gasteiger partial charge on any atom is -0.451 e. The maximum absolute atomic E-state index is 15.8. The van der Waals surface area contributed by atoms with Crippen molar-refractivity contribution in [3.63, 3.8) is 0 Å². The van der Waals surface area contributed by atoms with Crippen LogP contribution in [-0.4, -0.2) is 72.8 Å². The standard InChI is InChI=1S/C31H31FN4O4/c1-34-12-4-6-20(34)10-11-33-26-24(32)17-22-28-30(26)40-25-9-8-19-5-2-3-7-21(19)27(25)36(28)18-23(29(22)37)31(38)35-13-15-39-16-14-35/h2-3,5,7-9,17-18,20,33H,4,6,10-16H2,1H3. The number of nitrogens with one attached hydrogen (secondary N) is 1. The Morgan fingerprint density at radius 1 is 1.10 bits per heavy atom. The van der Waals surface area contributed by atoms with E-state index in [2.05, 4.69) is 17.3 Å². The number of benzene rings is 3. The van der Waals surface area contributed by atoms with E-state index in [4.69, 9.17) is 9.47 Å². The van der Waals surface area contributed by atoms with Crippen molar-refractivity contribution in [2.75, 3.05) is 51.8 Å². The van der Waals surface area contributed by atoms with Crippen LogP contribution in [0.5, 0.6) is 11.5 Å². The average Bonchev–Trinajstić information content (AvgIpc) is 3.39. The minimum absolute atomic E-state index is 0.00511. The molecule has 1 unspecified atom stereocenters. The number of anilines is 1. The number of hydrogen-bond donors (Lipinski definition) is 1. The van der Waals surface area contributed by atoms with Crippen LogP contribution in [0, 0.1) is 5.82 Å².